The van der Waals surface area contributed by atoms with E-state index in [1.165, 1.54) is 11.0 Å². The van der Waals surface area contributed by atoms with Crippen molar-refractivity contribution >= 4 is 51.0 Å². The van der Waals surface area contributed by atoms with Crippen LogP contribution in [0.1, 0.15) is 27.9 Å². The summed E-state index contributed by atoms with van der Waals surface area (Å²) in [5.74, 6) is -0.688. The molecule has 168 valence electrons. The lowest BCUT2D eigenvalue weighted by atomic mass is 10.1. The van der Waals surface area contributed by atoms with Crippen LogP contribution in [0.2, 0.25) is 0 Å². The van der Waals surface area contributed by atoms with Gasteiger partial charge in [0, 0.05) is 6.54 Å². The molecule has 2 aliphatic heterocycles. The topological polar surface area (TPSA) is 95.6 Å². The summed E-state index contributed by atoms with van der Waals surface area (Å²) in [6.07, 6.45) is 4.22. The first-order valence-corrected chi connectivity index (χ1v) is 12.8. The first-order chi connectivity index (χ1) is 15.9. The van der Waals surface area contributed by atoms with Crippen molar-refractivity contribution < 1.29 is 18.0 Å². The van der Waals surface area contributed by atoms with Gasteiger partial charge in [0.05, 0.1) is 17.3 Å². The van der Waals surface area contributed by atoms with E-state index in [1.807, 2.05) is 48.6 Å². The van der Waals surface area contributed by atoms with Gasteiger partial charge in [-0.05, 0) is 41.1 Å². The Hall–Kier alpha value is -3.27. The molecule has 1 fully saturated rings. The standard InChI is InChI=1S/C24H21N3O4S2/c28-23-22-20(26-33(30,31)21-7-4-14-32-21)12-13-27(22)24(29)18-15-17(10-11-19(18)25-23)9-8-16-5-2-1-3-6-16/h1-11,14-15,20,22,26H,12-13H2,(H,25,28)/t20-,22-/m0/s1. The summed E-state index contributed by atoms with van der Waals surface area (Å²) in [5.41, 5.74) is 2.68. The zero-order valence-corrected chi connectivity index (χ0v) is 19.1. The third kappa shape index (κ3) is 4.22. The Morgan fingerprint density at radius 3 is 2.55 bits per heavy atom. The smallest absolute Gasteiger partial charge is 0.256 e. The monoisotopic (exact) mass is 479 g/mol. The van der Waals surface area contributed by atoms with E-state index in [4.69, 9.17) is 0 Å². The van der Waals surface area contributed by atoms with E-state index in [0.29, 0.717) is 17.7 Å². The Morgan fingerprint density at radius 1 is 1.00 bits per heavy atom. The molecule has 3 aromatic rings. The van der Waals surface area contributed by atoms with Crippen molar-refractivity contribution in [1.82, 2.24) is 9.62 Å². The van der Waals surface area contributed by atoms with Crippen LogP contribution >= 0.6 is 11.3 Å². The molecule has 2 aromatic carbocycles. The van der Waals surface area contributed by atoms with Crippen molar-refractivity contribution in [2.75, 3.05) is 11.9 Å². The van der Waals surface area contributed by atoms with Gasteiger partial charge in [0.1, 0.15) is 10.3 Å². The zero-order chi connectivity index (χ0) is 23.0. The molecule has 1 aromatic heterocycles. The molecule has 7 nitrogen and oxygen atoms in total. The number of fused-ring (bicyclic) bond motifs is 2. The van der Waals surface area contributed by atoms with Crippen molar-refractivity contribution in [2.24, 2.45) is 0 Å². The molecule has 1 saturated heterocycles. The maximum atomic E-state index is 13.4. The van der Waals surface area contributed by atoms with Gasteiger partial charge >= 0.3 is 0 Å². The predicted molar refractivity (Wildman–Crippen MR) is 128 cm³/mol. The number of anilines is 1. The Labute approximate surface area is 195 Å². The Bertz CT molecular complexity index is 1340. The lowest BCUT2D eigenvalue weighted by Gasteiger charge is -2.24. The number of rotatable bonds is 5. The van der Waals surface area contributed by atoms with E-state index < -0.39 is 28.0 Å². The zero-order valence-electron chi connectivity index (χ0n) is 17.5. The molecule has 0 unspecified atom stereocenters. The van der Waals surface area contributed by atoms with Crippen LogP contribution in [-0.4, -0.2) is 43.8 Å². The summed E-state index contributed by atoms with van der Waals surface area (Å²) in [7, 11) is -3.77. The van der Waals surface area contributed by atoms with Crippen molar-refractivity contribution in [3.05, 3.63) is 82.7 Å². The first kappa shape index (κ1) is 21.6. The number of benzene rings is 2. The minimum atomic E-state index is -3.77. The van der Waals surface area contributed by atoms with Crippen LogP contribution in [0.4, 0.5) is 5.69 Å². The highest BCUT2D eigenvalue weighted by molar-refractivity contribution is 7.91. The number of hydrogen-bond acceptors (Lipinski definition) is 5. The molecule has 9 heteroatoms. The maximum absolute atomic E-state index is 13.4. The van der Waals surface area contributed by atoms with E-state index in [2.05, 4.69) is 10.0 Å². The van der Waals surface area contributed by atoms with E-state index in [-0.39, 0.29) is 16.7 Å². The van der Waals surface area contributed by atoms with Crippen LogP contribution in [0, 0.1) is 0 Å². The number of carbonyl (C=O) groups is 2. The van der Waals surface area contributed by atoms with Gasteiger partial charge in [-0.25, -0.2) is 13.1 Å². The van der Waals surface area contributed by atoms with Gasteiger partial charge in [-0.3, -0.25) is 9.59 Å². The van der Waals surface area contributed by atoms with Crippen molar-refractivity contribution in [3.63, 3.8) is 0 Å². The fraction of sp³-hybridized carbons (Fsp3) is 0.167. The van der Waals surface area contributed by atoms with Crippen LogP contribution in [0.25, 0.3) is 12.2 Å². The lowest BCUT2D eigenvalue weighted by molar-refractivity contribution is -0.120. The van der Waals surface area contributed by atoms with Crippen LogP contribution in [-0.2, 0) is 14.8 Å². The summed E-state index contributed by atoms with van der Waals surface area (Å²) in [4.78, 5) is 27.9. The fourth-order valence-corrected chi connectivity index (χ4v) is 6.50. The van der Waals surface area contributed by atoms with Crippen LogP contribution in [0.15, 0.2) is 70.3 Å². The molecule has 2 N–H and O–H groups in total. The molecule has 0 aliphatic carbocycles. The molecule has 5 rings (SSSR count). The van der Waals surface area contributed by atoms with Gasteiger partial charge < -0.3 is 10.2 Å². The minimum absolute atomic E-state index is 0.180. The summed E-state index contributed by atoms with van der Waals surface area (Å²) >= 11 is 1.10. The third-order valence-corrected chi connectivity index (χ3v) is 8.68. The highest BCUT2D eigenvalue weighted by atomic mass is 32.2. The fourth-order valence-electron chi connectivity index (χ4n) is 4.21. The molecule has 0 radical (unpaired) electrons. The number of nitrogens with zero attached hydrogens (tertiary/aromatic N) is 1. The average Bonchev–Trinajstić information content (AvgIpc) is 3.47. The largest absolute Gasteiger partial charge is 0.325 e. The Kier molecular flexibility index (Phi) is 5.61. The van der Waals surface area contributed by atoms with E-state index in [0.717, 1.165) is 22.5 Å². The highest BCUT2D eigenvalue weighted by Crippen LogP contribution is 2.31. The van der Waals surface area contributed by atoms with Crippen LogP contribution in [0.5, 0.6) is 0 Å². The van der Waals surface area contributed by atoms with E-state index in [9.17, 15) is 18.0 Å². The van der Waals surface area contributed by atoms with Crippen molar-refractivity contribution in [1.29, 1.82) is 0 Å². The second kappa shape index (κ2) is 8.58. The van der Waals surface area contributed by atoms with Gasteiger partial charge in [0.2, 0.25) is 15.9 Å². The van der Waals surface area contributed by atoms with Gasteiger partial charge in [-0.1, -0.05) is 54.6 Å². The van der Waals surface area contributed by atoms with E-state index in [1.54, 1.807) is 23.6 Å². The van der Waals surface area contributed by atoms with Crippen molar-refractivity contribution in [2.45, 2.75) is 22.7 Å². The molecule has 33 heavy (non-hydrogen) atoms. The quantitative estimate of drug-likeness (QED) is 0.548. The second-order valence-electron chi connectivity index (χ2n) is 7.93. The molecule has 3 heterocycles. The summed E-state index contributed by atoms with van der Waals surface area (Å²) < 4.78 is 28.2. The predicted octanol–water partition coefficient (Wildman–Crippen LogP) is 3.43. The molecule has 2 amide bonds. The molecule has 0 saturated carbocycles. The van der Waals surface area contributed by atoms with E-state index >= 15 is 0 Å². The highest BCUT2D eigenvalue weighted by Gasteiger charge is 2.46. The van der Waals surface area contributed by atoms with Crippen LogP contribution in [0.3, 0.4) is 0 Å². The molecule has 2 atom stereocenters. The average molecular weight is 480 g/mol. The number of nitrogens with one attached hydrogen (secondary N) is 2. The number of amides is 2. The van der Waals surface area contributed by atoms with Gasteiger partial charge in [-0.2, -0.15) is 0 Å². The lowest BCUT2D eigenvalue weighted by Crippen LogP contribution is -2.51. The molecule has 2 aliphatic rings. The summed E-state index contributed by atoms with van der Waals surface area (Å²) in [5, 5.41) is 4.50. The molecular formula is C24H21N3O4S2. The number of carbonyl (C=O) groups excluding carboxylic acids is 2. The Morgan fingerprint density at radius 2 is 1.79 bits per heavy atom. The molecular weight excluding hydrogens is 458 g/mol. The number of hydrogen-bond donors (Lipinski definition) is 2. The van der Waals surface area contributed by atoms with Gasteiger partial charge in [0.25, 0.3) is 5.91 Å². The van der Waals surface area contributed by atoms with Crippen LogP contribution < -0.4 is 10.0 Å². The minimum Gasteiger partial charge on any atom is -0.325 e. The second-order valence-corrected chi connectivity index (χ2v) is 10.8. The third-order valence-electron chi connectivity index (χ3n) is 5.79. The van der Waals surface area contributed by atoms with Gasteiger partial charge in [-0.15, -0.1) is 11.3 Å². The van der Waals surface area contributed by atoms with Crippen molar-refractivity contribution in [3.8, 4) is 0 Å². The SMILES string of the molecule is O=C1Nc2ccc(C=Cc3ccccc3)cc2C(=O)N2CC[C@H](NS(=O)(=O)c3cccs3)[C@@H]12. The molecule has 0 bridgehead atoms. The summed E-state index contributed by atoms with van der Waals surface area (Å²) in [6.45, 7) is 0.290. The maximum Gasteiger partial charge on any atom is 0.256 e. The number of thiophene rings is 1. The Balaban J connectivity index is 1.41. The summed E-state index contributed by atoms with van der Waals surface area (Å²) in [6, 6.07) is 16.7. The van der Waals surface area contributed by atoms with Gasteiger partial charge in [0.15, 0.2) is 0 Å². The number of sulfonamides is 1. The molecule has 0 spiro atoms. The normalized spacial score (nSPS) is 20.4. The first-order valence-electron chi connectivity index (χ1n) is 10.5.